The Morgan fingerprint density at radius 2 is 2.15 bits per heavy atom. The Balaban J connectivity index is 2.46. The molecule has 1 atom stereocenters. The molecule has 0 radical (unpaired) electrons. The van der Waals surface area contributed by atoms with Gasteiger partial charge in [-0.15, -0.1) is 0 Å². The number of halogens is 1. The number of hydrogen-bond acceptors (Lipinski definition) is 2. The highest BCUT2D eigenvalue weighted by Gasteiger charge is 2.19. The predicted octanol–water partition coefficient (Wildman–Crippen LogP) is 2.23. The highest BCUT2D eigenvalue weighted by molar-refractivity contribution is 6.33. The van der Waals surface area contributed by atoms with Gasteiger partial charge in [0.25, 0.3) is 0 Å². The van der Waals surface area contributed by atoms with Gasteiger partial charge >= 0.3 is 0 Å². The van der Waals surface area contributed by atoms with Crippen LogP contribution in [-0.2, 0) is 4.79 Å². The third-order valence-corrected chi connectivity index (χ3v) is 2.19. The number of benzene rings is 1. The number of fused-ring (bicyclic) bond motifs is 1. The van der Waals surface area contributed by atoms with Crippen LogP contribution in [0.5, 0.6) is 5.75 Å². The zero-order valence-electron chi connectivity index (χ0n) is 6.74. The zero-order valence-corrected chi connectivity index (χ0v) is 7.49. The van der Waals surface area contributed by atoms with Crippen LogP contribution in [0.25, 0.3) is 6.08 Å². The van der Waals surface area contributed by atoms with Crippen LogP contribution in [0.4, 0.5) is 0 Å². The van der Waals surface area contributed by atoms with Crippen LogP contribution in [0.2, 0.25) is 0 Å². The second kappa shape index (κ2) is 3.23. The zero-order chi connectivity index (χ0) is 9.26. The predicted molar refractivity (Wildman–Crippen MR) is 50.8 cm³/mol. The van der Waals surface area contributed by atoms with Gasteiger partial charge in [-0.2, -0.15) is 0 Å². The highest BCUT2D eigenvalue weighted by atomic mass is 35.5. The summed E-state index contributed by atoms with van der Waals surface area (Å²) in [4.78, 5) is 10.5. The van der Waals surface area contributed by atoms with Gasteiger partial charge in [-0.25, -0.2) is 0 Å². The summed E-state index contributed by atoms with van der Waals surface area (Å²) in [5.41, 5.74) is 0.908. The Morgan fingerprint density at radius 1 is 1.38 bits per heavy atom. The standard InChI is InChI=1S/C10H7ClO2/c11-8-5-7-3-1-2-4-9(7)13-10(8)6-12/h1-6,10H. The van der Waals surface area contributed by atoms with Gasteiger partial charge in [0.2, 0.25) is 0 Å². The van der Waals surface area contributed by atoms with Crippen molar-refractivity contribution >= 4 is 24.0 Å². The Kier molecular flexibility index (Phi) is 2.07. The molecule has 1 heterocycles. The van der Waals surface area contributed by atoms with Crippen molar-refractivity contribution in [1.82, 2.24) is 0 Å². The first-order chi connectivity index (χ1) is 6.31. The minimum absolute atomic E-state index is 0.425. The maximum Gasteiger partial charge on any atom is 0.189 e. The molecule has 0 spiro atoms. The Bertz CT molecular complexity index is 371. The fourth-order valence-corrected chi connectivity index (χ4v) is 1.44. The number of aldehydes is 1. The molecule has 0 amide bonds. The summed E-state index contributed by atoms with van der Waals surface area (Å²) in [6.45, 7) is 0. The monoisotopic (exact) mass is 194 g/mol. The molecule has 0 N–H and O–H groups in total. The van der Waals surface area contributed by atoms with Crippen LogP contribution in [0.15, 0.2) is 29.3 Å². The summed E-state index contributed by atoms with van der Waals surface area (Å²) in [7, 11) is 0. The molecule has 1 unspecified atom stereocenters. The maximum atomic E-state index is 10.5. The van der Waals surface area contributed by atoms with E-state index in [-0.39, 0.29) is 0 Å². The lowest BCUT2D eigenvalue weighted by Gasteiger charge is -2.19. The number of hydrogen-bond donors (Lipinski definition) is 0. The molecule has 0 saturated carbocycles. The summed E-state index contributed by atoms with van der Waals surface area (Å²) in [5.74, 6) is 0.698. The first kappa shape index (κ1) is 8.32. The SMILES string of the molecule is O=CC1Oc2ccccc2C=C1Cl. The molecule has 66 valence electrons. The molecule has 1 aromatic rings. The minimum atomic E-state index is -0.642. The van der Waals surface area contributed by atoms with E-state index in [1.165, 1.54) is 0 Å². The molecule has 13 heavy (non-hydrogen) atoms. The summed E-state index contributed by atoms with van der Waals surface area (Å²) < 4.78 is 5.33. The molecule has 1 aliphatic rings. The van der Waals surface area contributed by atoms with Gasteiger partial charge < -0.3 is 4.74 Å². The van der Waals surface area contributed by atoms with Gasteiger partial charge in [-0.1, -0.05) is 29.8 Å². The van der Waals surface area contributed by atoms with Crippen LogP contribution in [-0.4, -0.2) is 12.4 Å². The third kappa shape index (κ3) is 1.45. The van der Waals surface area contributed by atoms with Crippen molar-refractivity contribution in [3.05, 3.63) is 34.9 Å². The average molecular weight is 195 g/mol. The lowest BCUT2D eigenvalue weighted by Crippen LogP contribution is -2.21. The van der Waals surface area contributed by atoms with E-state index >= 15 is 0 Å². The van der Waals surface area contributed by atoms with Crippen molar-refractivity contribution in [3.63, 3.8) is 0 Å². The van der Waals surface area contributed by atoms with E-state index in [1.54, 1.807) is 6.08 Å². The van der Waals surface area contributed by atoms with E-state index in [0.717, 1.165) is 5.56 Å². The van der Waals surface area contributed by atoms with Crippen LogP contribution in [0, 0.1) is 0 Å². The van der Waals surface area contributed by atoms with Crippen LogP contribution in [0.3, 0.4) is 0 Å². The maximum absolute atomic E-state index is 10.5. The molecule has 3 heteroatoms. The molecule has 2 rings (SSSR count). The van der Waals surface area contributed by atoms with Crippen molar-refractivity contribution < 1.29 is 9.53 Å². The van der Waals surface area contributed by atoms with Gasteiger partial charge in [-0.05, 0) is 12.1 Å². The van der Waals surface area contributed by atoms with E-state index in [4.69, 9.17) is 16.3 Å². The molecule has 0 aliphatic carbocycles. The van der Waals surface area contributed by atoms with Crippen LogP contribution < -0.4 is 4.74 Å². The Hall–Kier alpha value is -1.28. The number of rotatable bonds is 1. The number of ether oxygens (including phenoxy) is 1. The van der Waals surface area contributed by atoms with Crippen molar-refractivity contribution in [1.29, 1.82) is 0 Å². The molecule has 1 aromatic carbocycles. The second-order valence-corrected chi connectivity index (χ2v) is 3.18. The van der Waals surface area contributed by atoms with E-state index in [9.17, 15) is 4.79 Å². The molecule has 1 aliphatic heterocycles. The highest BCUT2D eigenvalue weighted by Crippen LogP contribution is 2.29. The molecule has 0 aromatic heterocycles. The number of carbonyl (C=O) groups excluding carboxylic acids is 1. The lowest BCUT2D eigenvalue weighted by atomic mass is 10.1. The minimum Gasteiger partial charge on any atom is -0.477 e. The fourth-order valence-electron chi connectivity index (χ4n) is 1.22. The number of carbonyl (C=O) groups is 1. The molecule has 0 saturated heterocycles. The van der Waals surface area contributed by atoms with Gasteiger partial charge in [0.05, 0.1) is 5.03 Å². The van der Waals surface area contributed by atoms with Gasteiger partial charge in [0, 0.05) is 5.56 Å². The number of para-hydroxylation sites is 1. The second-order valence-electron chi connectivity index (χ2n) is 2.74. The van der Waals surface area contributed by atoms with E-state index in [2.05, 4.69) is 0 Å². The lowest BCUT2D eigenvalue weighted by molar-refractivity contribution is -0.112. The van der Waals surface area contributed by atoms with E-state index in [0.29, 0.717) is 17.1 Å². The molecular weight excluding hydrogens is 188 g/mol. The average Bonchev–Trinajstić information content (AvgIpc) is 2.17. The summed E-state index contributed by atoms with van der Waals surface area (Å²) >= 11 is 5.82. The van der Waals surface area contributed by atoms with Crippen LogP contribution in [0.1, 0.15) is 5.56 Å². The van der Waals surface area contributed by atoms with E-state index < -0.39 is 6.10 Å². The van der Waals surface area contributed by atoms with Crippen LogP contribution >= 0.6 is 11.6 Å². The molecule has 2 nitrogen and oxygen atoms in total. The van der Waals surface area contributed by atoms with Gasteiger partial charge in [0.1, 0.15) is 5.75 Å². The fraction of sp³-hybridized carbons (Fsp3) is 0.100. The first-order valence-electron chi connectivity index (χ1n) is 3.89. The molecular formula is C10H7ClO2. The summed E-state index contributed by atoms with van der Waals surface area (Å²) in [6, 6.07) is 7.45. The topological polar surface area (TPSA) is 26.3 Å². The van der Waals surface area contributed by atoms with E-state index in [1.807, 2.05) is 24.3 Å². The van der Waals surface area contributed by atoms with Crippen molar-refractivity contribution in [2.24, 2.45) is 0 Å². The first-order valence-corrected chi connectivity index (χ1v) is 4.27. The normalized spacial score (nSPS) is 19.8. The van der Waals surface area contributed by atoms with Crippen molar-refractivity contribution in [2.45, 2.75) is 6.10 Å². The Morgan fingerprint density at radius 3 is 2.92 bits per heavy atom. The quantitative estimate of drug-likeness (QED) is 0.641. The van der Waals surface area contributed by atoms with Gasteiger partial charge in [-0.3, -0.25) is 4.79 Å². The summed E-state index contributed by atoms with van der Waals surface area (Å²) in [6.07, 6.45) is 1.80. The molecule has 0 fully saturated rings. The largest absolute Gasteiger partial charge is 0.477 e. The third-order valence-electron chi connectivity index (χ3n) is 1.86. The van der Waals surface area contributed by atoms with Gasteiger partial charge in [0.15, 0.2) is 12.4 Å². The summed E-state index contributed by atoms with van der Waals surface area (Å²) in [5, 5.41) is 0.425. The molecule has 0 bridgehead atoms. The Labute approximate surface area is 80.8 Å². The van der Waals surface area contributed by atoms with Crippen molar-refractivity contribution in [2.75, 3.05) is 0 Å². The van der Waals surface area contributed by atoms with Crippen molar-refractivity contribution in [3.8, 4) is 5.75 Å². The smallest absolute Gasteiger partial charge is 0.189 e.